The number of nitrogens with zero attached hydrogens (tertiary/aromatic N) is 1. The summed E-state index contributed by atoms with van der Waals surface area (Å²) in [5.74, 6) is 0.564. The van der Waals surface area contributed by atoms with Gasteiger partial charge in [-0.2, -0.15) is 11.8 Å². The molecule has 2 fully saturated rings. The number of rotatable bonds is 8. The van der Waals surface area contributed by atoms with Gasteiger partial charge in [-0.25, -0.2) is 12.7 Å². The average Bonchev–Trinajstić information content (AvgIpc) is 3.18. The van der Waals surface area contributed by atoms with Crippen LogP contribution in [0.15, 0.2) is 24.3 Å². The molecular weight excluding hydrogens is 416 g/mol. The molecule has 0 unspecified atom stereocenters. The lowest BCUT2D eigenvalue weighted by Gasteiger charge is -2.31. The minimum Gasteiger partial charge on any atom is -0.355 e. The van der Waals surface area contributed by atoms with Gasteiger partial charge in [0.15, 0.2) is 0 Å². The predicted octanol–water partition coefficient (Wildman–Crippen LogP) is 3.67. The summed E-state index contributed by atoms with van der Waals surface area (Å²) in [6.45, 7) is 1.40. The van der Waals surface area contributed by atoms with Gasteiger partial charge in [0, 0.05) is 35.7 Å². The maximum atomic E-state index is 12.8. The first-order chi connectivity index (χ1) is 13.4. The third-order valence-corrected chi connectivity index (χ3v) is 8.88. The van der Waals surface area contributed by atoms with Crippen LogP contribution in [-0.2, 0) is 20.6 Å². The minimum atomic E-state index is -3.47. The Kier molecular flexibility index (Phi) is 8.09. The molecule has 1 saturated carbocycles. The van der Waals surface area contributed by atoms with Gasteiger partial charge in [0.05, 0.1) is 11.7 Å². The monoisotopic (exact) mass is 444 g/mol. The lowest BCUT2D eigenvalue weighted by Crippen LogP contribution is -2.46. The van der Waals surface area contributed by atoms with Crippen LogP contribution in [-0.4, -0.2) is 49.3 Å². The number of amides is 1. The number of hydrogen-bond donors (Lipinski definition) is 1. The molecule has 1 amide bonds. The quantitative estimate of drug-likeness (QED) is 0.621. The molecule has 8 heteroatoms. The second kappa shape index (κ2) is 10.3. The molecule has 1 aliphatic heterocycles. The molecular formula is C20H29ClN2O3S2. The van der Waals surface area contributed by atoms with Crippen molar-refractivity contribution in [2.75, 3.05) is 25.4 Å². The third-order valence-electron chi connectivity index (χ3n) is 5.44. The second-order valence-electron chi connectivity index (χ2n) is 7.65. The van der Waals surface area contributed by atoms with Crippen LogP contribution >= 0.6 is 23.4 Å². The number of carbonyl (C=O) groups is 1. The van der Waals surface area contributed by atoms with Crippen molar-refractivity contribution in [3.05, 3.63) is 34.9 Å². The molecule has 1 N–H and O–H groups in total. The van der Waals surface area contributed by atoms with Crippen LogP contribution in [0, 0.1) is 5.92 Å². The van der Waals surface area contributed by atoms with E-state index in [0.717, 1.165) is 17.4 Å². The van der Waals surface area contributed by atoms with Gasteiger partial charge >= 0.3 is 0 Å². The van der Waals surface area contributed by atoms with Gasteiger partial charge in [-0.15, -0.1) is 0 Å². The van der Waals surface area contributed by atoms with E-state index in [1.165, 1.54) is 30.0 Å². The SMILES string of the molecule is O=C(NCCSC1CCCC1)[C@@H]1CCCN(S(=O)(=O)Cc2cccc(Cl)c2)C1. The number of piperidine rings is 1. The van der Waals surface area contributed by atoms with Crippen molar-refractivity contribution < 1.29 is 13.2 Å². The predicted molar refractivity (Wildman–Crippen MR) is 116 cm³/mol. The minimum absolute atomic E-state index is 0.0188. The van der Waals surface area contributed by atoms with Gasteiger partial charge in [-0.1, -0.05) is 36.6 Å². The smallest absolute Gasteiger partial charge is 0.224 e. The maximum absolute atomic E-state index is 12.8. The molecule has 1 aromatic rings. The van der Waals surface area contributed by atoms with Crippen LogP contribution in [0.4, 0.5) is 0 Å². The standard InChI is InChI=1S/C20H29ClN2O3S2/c21-18-7-3-5-16(13-18)15-28(25,26)23-11-4-6-17(14-23)20(24)22-10-12-27-19-8-1-2-9-19/h3,5,7,13,17,19H,1-2,4,6,8-12,14-15H2,(H,22,24)/t17-/m1/s1. The molecule has 0 radical (unpaired) electrons. The highest BCUT2D eigenvalue weighted by molar-refractivity contribution is 7.99. The summed E-state index contributed by atoms with van der Waals surface area (Å²) in [4.78, 5) is 12.5. The number of halogens is 1. The van der Waals surface area contributed by atoms with Gasteiger partial charge in [0.1, 0.15) is 0 Å². The topological polar surface area (TPSA) is 66.5 Å². The molecule has 2 aliphatic rings. The molecule has 3 rings (SSSR count). The fourth-order valence-corrected chi connectivity index (χ4v) is 6.97. The van der Waals surface area contributed by atoms with E-state index >= 15 is 0 Å². The van der Waals surface area contributed by atoms with Crippen molar-refractivity contribution in [2.24, 2.45) is 5.92 Å². The van der Waals surface area contributed by atoms with E-state index in [4.69, 9.17) is 11.6 Å². The summed E-state index contributed by atoms with van der Waals surface area (Å²) in [6, 6.07) is 6.92. The molecule has 1 saturated heterocycles. The number of thioether (sulfide) groups is 1. The van der Waals surface area contributed by atoms with Crippen molar-refractivity contribution >= 4 is 39.3 Å². The van der Waals surface area contributed by atoms with Crippen LogP contribution in [0.5, 0.6) is 0 Å². The van der Waals surface area contributed by atoms with Crippen LogP contribution in [0.2, 0.25) is 5.02 Å². The molecule has 5 nitrogen and oxygen atoms in total. The molecule has 1 aliphatic carbocycles. The van der Waals surface area contributed by atoms with Gasteiger partial charge in [0.2, 0.25) is 15.9 Å². The Hall–Kier alpha value is -0.760. The van der Waals surface area contributed by atoms with E-state index in [2.05, 4.69) is 5.32 Å². The fourth-order valence-electron chi connectivity index (χ4n) is 3.94. The molecule has 28 heavy (non-hydrogen) atoms. The average molecular weight is 445 g/mol. The third kappa shape index (κ3) is 6.37. The Morgan fingerprint density at radius 3 is 2.75 bits per heavy atom. The van der Waals surface area contributed by atoms with Crippen LogP contribution < -0.4 is 5.32 Å². The summed E-state index contributed by atoms with van der Waals surface area (Å²) < 4.78 is 27.0. The normalized spacial score (nSPS) is 21.7. The number of hydrogen-bond acceptors (Lipinski definition) is 4. The highest BCUT2D eigenvalue weighted by atomic mass is 35.5. The van der Waals surface area contributed by atoms with Crippen molar-refractivity contribution in [2.45, 2.75) is 49.5 Å². The Morgan fingerprint density at radius 1 is 1.21 bits per heavy atom. The summed E-state index contributed by atoms with van der Waals surface area (Å²) in [5, 5.41) is 4.28. The zero-order chi connectivity index (χ0) is 20.0. The first-order valence-corrected chi connectivity index (χ1v) is 13.1. The largest absolute Gasteiger partial charge is 0.355 e. The number of sulfonamides is 1. The Bertz CT molecular complexity index is 766. The summed E-state index contributed by atoms with van der Waals surface area (Å²) in [6.07, 6.45) is 6.69. The summed E-state index contributed by atoms with van der Waals surface area (Å²) >= 11 is 7.91. The lowest BCUT2D eigenvalue weighted by atomic mass is 9.99. The van der Waals surface area contributed by atoms with Crippen molar-refractivity contribution in [3.63, 3.8) is 0 Å². The Morgan fingerprint density at radius 2 is 2.00 bits per heavy atom. The molecule has 0 spiro atoms. The van der Waals surface area contributed by atoms with Gasteiger partial charge in [-0.05, 0) is 43.4 Å². The lowest BCUT2D eigenvalue weighted by molar-refractivity contribution is -0.125. The van der Waals surface area contributed by atoms with Crippen molar-refractivity contribution in [1.82, 2.24) is 9.62 Å². The van der Waals surface area contributed by atoms with E-state index in [9.17, 15) is 13.2 Å². The molecule has 1 atom stereocenters. The van der Waals surface area contributed by atoms with E-state index in [-0.39, 0.29) is 24.1 Å². The van der Waals surface area contributed by atoms with E-state index in [1.807, 2.05) is 11.8 Å². The van der Waals surface area contributed by atoms with E-state index in [0.29, 0.717) is 30.1 Å². The maximum Gasteiger partial charge on any atom is 0.224 e. The highest BCUT2D eigenvalue weighted by Crippen LogP contribution is 2.29. The number of benzene rings is 1. The number of carbonyl (C=O) groups excluding carboxylic acids is 1. The van der Waals surface area contributed by atoms with Crippen molar-refractivity contribution in [3.8, 4) is 0 Å². The van der Waals surface area contributed by atoms with E-state index in [1.54, 1.807) is 24.3 Å². The zero-order valence-electron chi connectivity index (χ0n) is 16.1. The van der Waals surface area contributed by atoms with E-state index < -0.39 is 10.0 Å². The Labute approximate surface area is 177 Å². The first-order valence-electron chi connectivity index (χ1n) is 10.1. The molecule has 0 bridgehead atoms. The molecule has 1 aromatic carbocycles. The van der Waals surface area contributed by atoms with Gasteiger partial charge < -0.3 is 5.32 Å². The molecule has 0 aromatic heterocycles. The Balaban J connectivity index is 1.47. The second-order valence-corrected chi connectivity index (χ2v) is 11.5. The van der Waals surface area contributed by atoms with Crippen LogP contribution in [0.1, 0.15) is 44.1 Å². The van der Waals surface area contributed by atoms with Crippen molar-refractivity contribution in [1.29, 1.82) is 0 Å². The molecule has 1 heterocycles. The fraction of sp³-hybridized carbons (Fsp3) is 0.650. The number of nitrogens with one attached hydrogen (secondary N) is 1. The van der Waals surface area contributed by atoms with Gasteiger partial charge in [0.25, 0.3) is 0 Å². The highest BCUT2D eigenvalue weighted by Gasteiger charge is 2.32. The summed E-state index contributed by atoms with van der Waals surface area (Å²) in [5.41, 5.74) is 0.669. The van der Waals surface area contributed by atoms with Crippen LogP contribution in [0.25, 0.3) is 0 Å². The first kappa shape index (κ1) is 21.9. The zero-order valence-corrected chi connectivity index (χ0v) is 18.5. The summed E-state index contributed by atoms with van der Waals surface area (Å²) in [7, 11) is -3.47. The van der Waals surface area contributed by atoms with Crippen LogP contribution in [0.3, 0.4) is 0 Å². The van der Waals surface area contributed by atoms with Gasteiger partial charge in [-0.3, -0.25) is 4.79 Å². The molecule has 156 valence electrons.